The van der Waals surface area contributed by atoms with Crippen LogP contribution in [0.5, 0.6) is 0 Å². The summed E-state index contributed by atoms with van der Waals surface area (Å²) in [6.07, 6.45) is 2.55. The molecule has 0 spiro atoms. The molecule has 0 radical (unpaired) electrons. The average molecular weight is 302 g/mol. The molecule has 0 atom stereocenters. The van der Waals surface area contributed by atoms with Gasteiger partial charge in [0, 0.05) is 18.9 Å². The Morgan fingerprint density at radius 3 is 2.86 bits per heavy atom. The standard InChI is InChI=1S/C14H18N6O2/c1-10-2-3-11(8-12(10)20-9-16-18-19-20)17-13(21)14(15)4-6-22-7-5-14/h2-3,8-9H,4-7,15H2,1H3,(H,17,21). The van der Waals surface area contributed by atoms with Crippen molar-refractivity contribution >= 4 is 11.6 Å². The van der Waals surface area contributed by atoms with Gasteiger partial charge in [-0.05, 0) is 47.9 Å². The second kappa shape index (κ2) is 5.82. The fourth-order valence-electron chi connectivity index (χ4n) is 2.42. The number of tetrazole rings is 1. The van der Waals surface area contributed by atoms with Crippen molar-refractivity contribution in [2.75, 3.05) is 18.5 Å². The van der Waals surface area contributed by atoms with Gasteiger partial charge in [0.15, 0.2) is 0 Å². The number of carbonyl (C=O) groups excluding carboxylic acids is 1. The highest BCUT2D eigenvalue weighted by atomic mass is 16.5. The van der Waals surface area contributed by atoms with Gasteiger partial charge in [-0.15, -0.1) is 5.10 Å². The molecule has 116 valence electrons. The Morgan fingerprint density at radius 1 is 1.41 bits per heavy atom. The van der Waals surface area contributed by atoms with Gasteiger partial charge in [0.2, 0.25) is 5.91 Å². The molecule has 3 rings (SSSR count). The van der Waals surface area contributed by atoms with E-state index in [-0.39, 0.29) is 5.91 Å². The van der Waals surface area contributed by atoms with Crippen molar-refractivity contribution in [1.82, 2.24) is 20.2 Å². The zero-order valence-corrected chi connectivity index (χ0v) is 12.3. The second-order valence-electron chi connectivity index (χ2n) is 5.48. The van der Waals surface area contributed by atoms with Crippen LogP contribution in [0.1, 0.15) is 18.4 Å². The molecule has 1 aliphatic heterocycles. The number of aryl methyl sites for hydroxylation is 1. The molecule has 1 aromatic carbocycles. The van der Waals surface area contributed by atoms with E-state index in [0.717, 1.165) is 11.3 Å². The normalized spacial score (nSPS) is 17.2. The molecule has 1 aromatic heterocycles. The van der Waals surface area contributed by atoms with E-state index in [1.54, 1.807) is 4.68 Å². The fourth-order valence-corrected chi connectivity index (χ4v) is 2.42. The SMILES string of the molecule is Cc1ccc(NC(=O)C2(N)CCOCC2)cc1-n1cnnn1. The summed E-state index contributed by atoms with van der Waals surface area (Å²) in [6.45, 7) is 2.97. The molecule has 1 aliphatic rings. The Morgan fingerprint density at radius 2 is 2.18 bits per heavy atom. The van der Waals surface area contributed by atoms with E-state index in [1.807, 2.05) is 25.1 Å². The van der Waals surface area contributed by atoms with E-state index in [9.17, 15) is 4.79 Å². The molecule has 8 nitrogen and oxygen atoms in total. The Labute approximate surface area is 127 Å². The monoisotopic (exact) mass is 302 g/mol. The average Bonchev–Trinajstić information content (AvgIpc) is 3.04. The van der Waals surface area contributed by atoms with Crippen LogP contribution in [0, 0.1) is 6.92 Å². The number of nitrogens with zero attached hydrogens (tertiary/aromatic N) is 4. The maximum Gasteiger partial charge on any atom is 0.244 e. The van der Waals surface area contributed by atoms with Crippen molar-refractivity contribution in [3.8, 4) is 5.69 Å². The summed E-state index contributed by atoms with van der Waals surface area (Å²) in [7, 11) is 0. The molecule has 2 aromatic rings. The van der Waals surface area contributed by atoms with E-state index >= 15 is 0 Å². The molecular formula is C14H18N6O2. The lowest BCUT2D eigenvalue weighted by molar-refractivity contribution is -0.124. The van der Waals surface area contributed by atoms with Gasteiger partial charge in [0.25, 0.3) is 0 Å². The number of nitrogens with one attached hydrogen (secondary N) is 1. The molecule has 1 saturated heterocycles. The van der Waals surface area contributed by atoms with Gasteiger partial charge in [0.1, 0.15) is 11.9 Å². The van der Waals surface area contributed by atoms with Crippen LogP contribution in [-0.2, 0) is 9.53 Å². The lowest BCUT2D eigenvalue weighted by Crippen LogP contribution is -2.54. The maximum absolute atomic E-state index is 12.4. The van der Waals surface area contributed by atoms with E-state index in [2.05, 4.69) is 20.8 Å². The van der Waals surface area contributed by atoms with Crippen LogP contribution < -0.4 is 11.1 Å². The van der Waals surface area contributed by atoms with Crippen molar-refractivity contribution in [1.29, 1.82) is 0 Å². The van der Waals surface area contributed by atoms with Gasteiger partial charge in [-0.2, -0.15) is 0 Å². The van der Waals surface area contributed by atoms with E-state index in [0.29, 0.717) is 31.7 Å². The van der Waals surface area contributed by atoms with Crippen molar-refractivity contribution in [3.05, 3.63) is 30.1 Å². The number of hydrogen-bond acceptors (Lipinski definition) is 6. The highest BCUT2D eigenvalue weighted by Gasteiger charge is 2.35. The van der Waals surface area contributed by atoms with Gasteiger partial charge >= 0.3 is 0 Å². The largest absolute Gasteiger partial charge is 0.381 e. The van der Waals surface area contributed by atoms with Crippen LogP contribution in [-0.4, -0.2) is 44.9 Å². The minimum Gasteiger partial charge on any atom is -0.381 e. The zero-order chi connectivity index (χ0) is 15.6. The summed E-state index contributed by atoms with van der Waals surface area (Å²) < 4.78 is 6.82. The first kappa shape index (κ1) is 14.6. The summed E-state index contributed by atoms with van der Waals surface area (Å²) in [5, 5.41) is 14.0. The first-order valence-corrected chi connectivity index (χ1v) is 7.11. The molecule has 1 amide bonds. The number of rotatable bonds is 3. The lowest BCUT2D eigenvalue weighted by atomic mass is 9.90. The fraction of sp³-hybridized carbons (Fsp3) is 0.429. The third kappa shape index (κ3) is 2.83. The molecule has 0 saturated carbocycles. The van der Waals surface area contributed by atoms with Gasteiger partial charge < -0.3 is 15.8 Å². The van der Waals surface area contributed by atoms with Crippen molar-refractivity contribution < 1.29 is 9.53 Å². The summed E-state index contributed by atoms with van der Waals surface area (Å²) in [6, 6.07) is 5.57. The van der Waals surface area contributed by atoms with Gasteiger partial charge in [-0.1, -0.05) is 6.07 Å². The van der Waals surface area contributed by atoms with Crippen LogP contribution >= 0.6 is 0 Å². The minimum absolute atomic E-state index is 0.192. The third-order valence-electron chi connectivity index (χ3n) is 3.90. The molecule has 22 heavy (non-hydrogen) atoms. The Hall–Kier alpha value is -2.32. The number of carbonyl (C=O) groups is 1. The third-order valence-corrected chi connectivity index (χ3v) is 3.90. The molecular weight excluding hydrogens is 284 g/mol. The van der Waals surface area contributed by atoms with Crippen molar-refractivity contribution in [3.63, 3.8) is 0 Å². The van der Waals surface area contributed by atoms with Crippen molar-refractivity contribution in [2.45, 2.75) is 25.3 Å². The highest BCUT2D eigenvalue weighted by Crippen LogP contribution is 2.22. The maximum atomic E-state index is 12.4. The summed E-state index contributed by atoms with van der Waals surface area (Å²) in [5.74, 6) is -0.192. The molecule has 3 N–H and O–H groups in total. The summed E-state index contributed by atoms with van der Waals surface area (Å²) in [5.41, 5.74) is 7.78. The molecule has 8 heteroatoms. The molecule has 1 fully saturated rings. The molecule has 0 aliphatic carbocycles. The Balaban J connectivity index is 1.81. The van der Waals surface area contributed by atoms with Crippen molar-refractivity contribution in [2.24, 2.45) is 5.73 Å². The predicted octanol–water partition coefficient (Wildman–Crippen LogP) is 0.417. The number of anilines is 1. The van der Waals surface area contributed by atoms with Crippen LogP contribution in [0.15, 0.2) is 24.5 Å². The lowest BCUT2D eigenvalue weighted by Gasteiger charge is -2.31. The Kier molecular flexibility index (Phi) is 3.86. The number of aromatic nitrogens is 4. The number of hydrogen-bond donors (Lipinski definition) is 2. The molecule has 0 unspecified atom stereocenters. The van der Waals surface area contributed by atoms with Gasteiger partial charge in [-0.3, -0.25) is 4.79 Å². The van der Waals surface area contributed by atoms with Crippen LogP contribution in [0.2, 0.25) is 0 Å². The zero-order valence-electron chi connectivity index (χ0n) is 12.3. The van der Waals surface area contributed by atoms with Crippen LogP contribution in [0.4, 0.5) is 5.69 Å². The van der Waals surface area contributed by atoms with E-state index < -0.39 is 5.54 Å². The van der Waals surface area contributed by atoms with E-state index in [1.165, 1.54) is 6.33 Å². The molecule has 2 heterocycles. The summed E-state index contributed by atoms with van der Waals surface area (Å²) in [4.78, 5) is 12.4. The molecule has 0 bridgehead atoms. The minimum atomic E-state index is -0.877. The topological polar surface area (TPSA) is 108 Å². The smallest absolute Gasteiger partial charge is 0.244 e. The Bertz CT molecular complexity index is 664. The number of amides is 1. The van der Waals surface area contributed by atoms with Crippen LogP contribution in [0.3, 0.4) is 0 Å². The highest BCUT2D eigenvalue weighted by molar-refractivity contribution is 5.98. The number of nitrogens with two attached hydrogens (primary N) is 1. The second-order valence-corrected chi connectivity index (χ2v) is 5.48. The van der Waals surface area contributed by atoms with Gasteiger partial charge in [-0.25, -0.2) is 4.68 Å². The van der Waals surface area contributed by atoms with Crippen LogP contribution in [0.25, 0.3) is 5.69 Å². The summed E-state index contributed by atoms with van der Waals surface area (Å²) >= 11 is 0. The quantitative estimate of drug-likeness (QED) is 0.850. The first-order chi connectivity index (χ1) is 10.6. The van der Waals surface area contributed by atoms with E-state index in [4.69, 9.17) is 10.5 Å². The predicted molar refractivity (Wildman–Crippen MR) is 79.5 cm³/mol. The van der Waals surface area contributed by atoms with Gasteiger partial charge in [0.05, 0.1) is 5.69 Å². The number of benzene rings is 1. The first-order valence-electron chi connectivity index (χ1n) is 7.11. The number of ether oxygens (including phenoxy) is 1.